The second kappa shape index (κ2) is 6.81. The monoisotopic (exact) mass is 334 g/mol. The Labute approximate surface area is 129 Å². The number of ether oxygens (including phenoxy) is 1. The van der Waals surface area contributed by atoms with Crippen LogP contribution in [0.1, 0.15) is 0 Å². The number of aromatic nitrogens is 2. The minimum atomic E-state index is -1.54. The van der Waals surface area contributed by atoms with E-state index in [1.165, 1.54) is 11.8 Å². The zero-order valence-electron chi connectivity index (χ0n) is 11.6. The minimum Gasteiger partial charge on any atom is -0.394 e. The number of rotatable bonds is 4. The number of anilines is 2. The first-order valence-electron chi connectivity index (χ1n) is 6.39. The molecular formula is C11H18N4O6S. The molecule has 2 rings (SSSR count). The molecular weight excluding hydrogens is 316 g/mol. The third kappa shape index (κ3) is 3.19. The molecule has 10 nitrogen and oxygen atoms in total. The van der Waals surface area contributed by atoms with Gasteiger partial charge in [-0.3, -0.25) is 9.78 Å². The molecule has 5 unspecified atom stereocenters. The topological polar surface area (TPSA) is 174 Å². The molecule has 5 atom stereocenters. The maximum absolute atomic E-state index is 11.7. The second-order valence-electron chi connectivity index (χ2n) is 4.73. The molecule has 8 N–H and O–H groups in total. The molecule has 1 saturated heterocycles. The van der Waals surface area contributed by atoms with Gasteiger partial charge in [-0.25, -0.2) is 4.98 Å². The summed E-state index contributed by atoms with van der Waals surface area (Å²) in [6.07, 6.45) is -5.08. The number of hydrogen-bond donors (Lipinski definition) is 7. The average molecular weight is 334 g/mol. The zero-order chi connectivity index (χ0) is 16.4. The van der Waals surface area contributed by atoms with Crippen LogP contribution in [0.4, 0.5) is 11.5 Å². The maximum Gasteiger partial charge on any atom is 0.276 e. The Bertz CT molecular complexity index is 582. The van der Waals surface area contributed by atoms with Crippen molar-refractivity contribution in [1.82, 2.24) is 9.97 Å². The van der Waals surface area contributed by atoms with E-state index in [1.54, 1.807) is 6.26 Å². The fraction of sp³-hybridized carbons (Fsp3) is 0.636. The third-order valence-electron chi connectivity index (χ3n) is 3.30. The second-order valence-corrected chi connectivity index (χ2v) is 5.53. The van der Waals surface area contributed by atoms with Crippen molar-refractivity contribution in [3.8, 4) is 0 Å². The highest BCUT2D eigenvalue weighted by molar-refractivity contribution is 7.98. The molecule has 1 aliphatic heterocycles. The quantitative estimate of drug-likeness (QED) is 0.226. The SMILES string of the molecule is CSc1nc(NC2OC(CO)C(O)C(O)C2O)c(N)c(=O)[nH]1. The van der Waals surface area contributed by atoms with Crippen LogP contribution >= 0.6 is 11.8 Å². The van der Waals surface area contributed by atoms with Crippen molar-refractivity contribution in [2.75, 3.05) is 23.9 Å². The number of aromatic amines is 1. The number of aliphatic hydroxyl groups is 4. The summed E-state index contributed by atoms with van der Waals surface area (Å²) in [5.41, 5.74) is 4.84. The molecule has 2 heterocycles. The summed E-state index contributed by atoms with van der Waals surface area (Å²) >= 11 is 1.18. The highest BCUT2D eigenvalue weighted by Gasteiger charge is 2.43. The lowest BCUT2D eigenvalue weighted by Crippen LogP contribution is -2.60. The van der Waals surface area contributed by atoms with Crippen LogP contribution < -0.4 is 16.6 Å². The summed E-state index contributed by atoms with van der Waals surface area (Å²) in [4.78, 5) is 18.2. The van der Waals surface area contributed by atoms with Gasteiger partial charge in [-0.05, 0) is 6.26 Å². The van der Waals surface area contributed by atoms with Crippen molar-refractivity contribution in [3.05, 3.63) is 10.4 Å². The number of nitrogens with zero attached hydrogens (tertiary/aromatic N) is 1. The lowest BCUT2D eigenvalue weighted by Gasteiger charge is -2.40. The van der Waals surface area contributed by atoms with Crippen LogP contribution in [0, 0.1) is 0 Å². The van der Waals surface area contributed by atoms with Crippen LogP contribution in [0.3, 0.4) is 0 Å². The Kier molecular flexibility index (Phi) is 5.26. The zero-order valence-corrected chi connectivity index (χ0v) is 12.4. The van der Waals surface area contributed by atoms with Gasteiger partial charge in [0.25, 0.3) is 5.56 Å². The van der Waals surface area contributed by atoms with Crippen LogP contribution in [0.2, 0.25) is 0 Å². The van der Waals surface area contributed by atoms with Gasteiger partial charge in [0.1, 0.15) is 30.1 Å². The normalized spacial score (nSPS) is 32.0. The van der Waals surface area contributed by atoms with E-state index in [0.29, 0.717) is 5.16 Å². The van der Waals surface area contributed by atoms with Crippen LogP contribution in [0.15, 0.2) is 9.95 Å². The maximum atomic E-state index is 11.7. The van der Waals surface area contributed by atoms with E-state index >= 15 is 0 Å². The van der Waals surface area contributed by atoms with Gasteiger partial charge in [-0.2, -0.15) is 0 Å². The van der Waals surface area contributed by atoms with E-state index in [9.17, 15) is 20.1 Å². The van der Waals surface area contributed by atoms with E-state index in [0.717, 1.165) is 0 Å². The standard InChI is InChI=1S/C11H18N4O6S/c1-22-11-14-8(4(12)9(20)15-11)13-10-7(19)6(18)5(17)3(2-16)21-10/h3,5-7,10,16-19H,2,12H2,1H3,(H2,13,14,15,20). The number of thioether (sulfide) groups is 1. The predicted octanol–water partition coefficient (Wildman–Crippen LogP) is -2.71. The Morgan fingerprint density at radius 1 is 1.36 bits per heavy atom. The average Bonchev–Trinajstić information content (AvgIpc) is 2.51. The molecule has 1 aromatic rings. The summed E-state index contributed by atoms with van der Waals surface area (Å²) < 4.78 is 5.27. The van der Waals surface area contributed by atoms with Gasteiger partial charge in [0.2, 0.25) is 0 Å². The molecule has 124 valence electrons. The Balaban J connectivity index is 2.26. The van der Waals surface area contributed by atoms with Gasteiger partial charge in [-0.15, -0.1) is 0 Å². The van der Waals surface area contributed by atoms with Crippen molar-refractivity contribution >= 4 is 23.3 Å². The van der Waals surface area contributed by atoms with Crippen molar-refractivity contribution in [2.24, 2.45) is 0 Å². The number of nitrogen functional groups attached to an aromatic ring is 1. The number of nitrogens with one attached hydrogen (secondary N) is 2. The van der Waals surface area contributed by atoms with Crippen LogP contribution in [-0.4, -0.2) is 73.9 Å². The van der Waals surface area contributed by atoms with Gasteiger partial charge >= 0.3 is 0 Å². The van der Waals surface area contributed by atoms with Crippen molar-refractivity contribution in [1.29, 1.82) is 0 Å². The molecule has 0 aromatic carbocycles. The third-order valence-corrected chi connectivity index (χ3v) is 3.88. The number of H-pyrrole nitrogens is 1. The molecule has 0 amide bonds. The number of nitrogens with two attached hydrogens (primary N) is 1. The first-order chi connectivity index (χ1) is 10.4. The Hall–Kier alpha value is -1.37. The van der Waals surface area contributed by atoms with Gasteiger partial charge < -0.3 is 36.2 Å². The van der Waals surface area contributed by atoms with Crippen LogP contribution in [0.5, 0.6) is 0 Å². The summed E-state index contributed by atoms with van der Waals surface area (Å²) in [5.74, 6) is -0.0302. The van der Waals surface area contributed by atoms with Crippen molar-refractivity contribution in [3.63, 3.8) is 0 Å². The molecule has 0 radical (unpaired) electrons. The molecule has 11 heteroatoms. The smallest absolute Gasteiger partial charge is 0.276 e. The largest absolute Gasteiger partial charge is 0.394 e. The molecule has 0 saturated carbocycles. The molecule has 0 aliphatic carbocycles. The van der Waals surface area contributed by atoms with Crippen LogP contribution in [-0.2, 0) is 4.74 Å². The van der Waals surface area contributed by atoms with Crippen molar-refractivity contribution < 1.29 is 25.2 Å². The lowest BCUT2D eigenvalue weighted by molar-refractivity contribution is -0.221. The van der Waals surface area contributed by atoms with E-state index < -0.39 is 42.8 Å². The van der Waals surface area contributed by atoms with Gasteiger partial charge in [0.15, 0.2) is 17.2 Å². The Morgan fingerprint density at radius 3 is 2.64 bits per heavy atom. The summed E-state index contributed by atoms with van der Waals surface area (Å²) in [6.45, 7) is -0.558. The molecule has 0 bridgehead atoms. The molecule has 1 aromatic heterocycles. The van der Waals surface area contributed by atoms with Gasteiger partial charge in [-0.1, -0.05) is 11.8 Å². The Morgan fingerprint density at radius 2 is 2.05 bits per heavy atom. The predicted molar refractivity (Wildman–Crippen MR) is 78.4 cm³/mol. The highest BCUT2D eigenvalue weighted by Crippen LogP contribution is 2.24. The molecule has 1 fully saturated rings. The van der Waals surface area contributed by atoms with E-state index in [-0.39, 0.29) is 11.5 Å². The van der Waals surface area contributed by atoms with Gasteiger partial charge in [0, 0.05) is 0 Å². The minimum absolute atomic E-state index is 0.0302. The van der Waals surface area contributed by atoms with E-state index in [1.807, 2.05) is 0 Å². The van der Waals surface area contributed by atoms with E-state index in [2.05, 4.69) is 15.3 Å². The summed E-state index contributed by atoms with van der Waals surface area (Å²) in [6, 6.07) is 0. The summed E-state index contributed by atoms with van der Waals surface area (Å²) in [7, 11) is 0. The van der Waals surface area contributed by atoms with Gasteiger partial charge in [0.05, 0.1) is 6.61 Å². The molecule has 22 heavy (non-hydrogen) atoms. The molecule has 0 spiro atoms. The first-order valence-corrected chi connectivity index (χ1v) is 7.62. The fourth-order valence-corrected chi connectivity index (χ4v) is 2.40. The summed E-state index contributed by atoms with van der Waals surface area (Å²) in [5, 5.41) is 41.4. The molecule has 1 aliphatic rings. The highest BCUT2D eigenvalue weighted by atomic mass is 32.2. The lowest BCUT2D eigenvalue weighted by atomic mass is 9.98. The van der Waals surface area contributed by atoms with Crippen molar-refractivity contribution in [2.45, 2.75) is 35.8 Å². The number of hydrogen-bond acceptors (Lipinski definition) is 10. The number of aliphatic hydroxyl groups excluding tert-OH is 4. The first kappa shape index (κ1) is 17.0. The fourth-order valence-electron chi connectivity index (χ4n) is 2.02. The van der Waals surface area contributed by atoms with Crippen LogP contribution in [0.25, 0.3) is 0 Å². The van der Waals surface area contributed by atoms with E-state index in [4.69, 9.17) is 15.6 Å².